The molecule has 0 fully saturated rings. The van der Waals surface area contributed by atoms with E-state index < -0.39 is 11.6 Å². The average Bonchev–Trinajstić information content (AvgIpc) is 2.46. The lowest BCUT2D eigenvalue weighted by molar-refractivity contribution is 0.171. The number of ether oxygens (including phenoxy) is 2. The Hall–Kier alpha value is -2.30. The van der Waals surface area contributed by atoms with E-state index in [9.17, 15) is 8.78 Å². The Kier molecular flexibility index (Phi) is 3.41. The molecule has 1 aliphatic heterocycles. The summed E-state index contributed by atoms with van der Waals surface area (Å²) in [7, 11) is 0. The van der Waals surface area contributed by atoms with Gasteiger partial charge in [-0.05, 0) is 24.3 Å². The van der Waals surface area contributed by atoms with Crippen LogP contribution in [-0.2, 0) is 6.54 Å². The smallest absolute Gasteiger partial charge is 0.163 e. The van der Waals surface area contributed by atoms with Gasteiger partial charge in [0.1, 0.15) is 24.8 Å². The van der Waals surface area contributed by atoms with Crippen molar-refractivity contribution in [3.63, 3.8) is 0 Å². The van der Waals surface area contributed by atoms with Gasteiger partial charge in [0, 0.05) is 23.9 Å². The van der Waals surface area contributed by atoms with Crippen LogP contribution in [0.5, 0.6) is 11.5 Å². The first-order valence-electron chi connectivity index (χ1n) is 6.30. The summed E-state index contributed by atoms with van der Waals surface area (Å²) >= 11 is 0. The molecule has 0 spiro atoms. The van der Waals surface area contributed by atoms with E-state index in [1.54, 1.807) is 18.2 Å². The summed E-state index contributed by atoms with van der Waals surface area (Å²) in [6.45, 7) is 1.09. The van der Waals surface area contributed by atoms with E-state index in [0.29, 0.717) is 24.7 Å². The molecule has 1 N–H and O–H groups in total. The summed E-state index contributed by atoms with van der Waals surface area (Å²) in [4.78, 5) is 0. The Morgan fingerprint density at radius 2 is 1.65 bits per heavy atom. The van der Waals surface area contributed by atoms with E-state index >= 15 is 0 Å². The third-order valence-corrected chi connectivity index (χ3v) is 3.07. The van der Waals surface area contributed by atoms with Crippen LogP contribution < -0.4 is 14.8 Å². The zero-order valence-corrected chi connectivity index (χ0v) is 10.7. The molecule has 0 atom stereocenters. The van der Waals surface area contributed by atoms with Crippen LogP contribution in [0.4, 0.5) is 14.5 Å². The monoisotopic (exact) mass is 277 g/mol. The topological polar surface area (TPSA) is 30.5 Å². The summed E-state index contributed by atoms with van der Waals surface area (Å²) in [5.41, 5.74) is 0.735. The molecular formula is C15H13F2NO2. The summed E-state index contributed by atoms with van der Waals surface area (Å²) in [5, 5.41) is 2.98. The maximum atomic E-state index is 13.5. The quantitative estimate of drug-likeness (QED) is 0.933. The highest BCUT2D eigenvalue weighted by atomic mass is 19.1. The minimum Gasteiger partial charge on any atom is -0.486 e. The highest BCUT2D eigenvalue weighted by Crippen LogP contribution is 2.32. The van der Waals surface area contributed by atoms with Crippen LogP contribution in [0.1, 0.15) is 5.56 Å². The van der Waals surface area contributed by atoms with Crippen molar-refractivity contribution in [1.29, 1.82) is 0 Å². The second-order valence-corrected chi connectivity index (χ2v) is 4.41. The number of hydrogen-bond donors (Lipinski definition) is 1. The van der Waals surface area contributed by atoms with Crippen LogP contribution in [0.25, 0.3) is 0 Å². The van der Waals surface area contributed by atoms with Crippen molar-refractivity contribution in [2.45, 2.75) is 6.54 Å². The molecule has 5 heteroatoms. The molecule has 0 bridgehead atoms. The Bertz CT molecular complexity index is 611. The highest BCUT2D eigenvalue weighted by molar-refractivity contribution is 5.55. The van der Waals surface area contributed by atoms with Gasteiger partial charge in [0.2, 0.25) is 0 Å². The van der Waals surface area contributed by atoms with Crippen LogP contribution in [0.2, 0.25) is 0 Å². The Labute approximate surface area is 115 Å². The molecule has 3 rings (SSSR count). The van der Waals surface area contributed by atoms with Crippen LogP contribution in [0, 0.1) is 11.6 Å². The number of hydrogen-bond acceptors (Lipinski definition) is 3. The molecule has 3 nitrogen and oxygen atoms in total. The van der Waals surface area contributed by atoms with Crippen LogP contribution >= 0.6 is 0 Å². The summed E-state index contributed by atoms with van der Waals surface area (Å²) in [6.07, 6.45) is 0. The number of benzene rings is 2. The first-order valence-corrected chi connectivity index (χ1v) is 6.30. The molecule has 0 amide bonds. The molecule has 0 saturated carbocycles. The molecule has 1 heterocycles. The predicted molar refractivity (Wildman–Crippen MR) is 71.1 cm³/mol. The zero-order valence-electron chi connectivity index (χ0n) is 10.7. The van der Waals surface area contributed by atoms with Gasteiger partial charge in [-0.15, -0.1) is 0 Å². The van der Waals surface area contributed by atoms with Crippen LogP contribution in [0.15, 0.2) is 36.4 Å². The van der Waals surface area contributed by atoms with Gasteiger partial charge in [-0.3, -0.25) is 0 Å². The van der Waals surface area contributed by atoms with E-state index in [-0.39, 0.29) is 12.1 Å². The number of rotatable bonds is 3. The first-order chi connectivity index (χ1) is 9.74. The molecular weight excluding hydrogens is 264 g/mol. The fourth-order valence-electron chi connectivity index (χ4n) is 2.04. The van der Waals surface area contributed by atoms with E-state index in [1.165, 1.54) is 18.2 Å². The van der Waals surface area contributed by atoms with Gasteiger partial charge in [-0.1, -0.05) is 6.07 Å². The Balaban J connectivity index is 1.75. The Morgan fingerprint density at radius 3 is 2.40 bits per heavy atom. The van der Waals surface area contributed by atoms with Gasteiger partial charge in [-0.2, -0.15) is 0 Å². The molecule has 0 aromatic heterocycles. The lowest BCUT2D eigenvalue weighted by Crippen LogP contribution is -2.15. The normalized spacial score (nSPS) is 13.1. The number of nitrogens with one attached hydrogen (secondary N) is 1. The molecule has 0 saturated heterocycles. The van der Waals surface area contributed by atoms with Crippen molar-refractivity contribution in [1.82, 2.24) is 0 Å². The van der Waals surface area contributed by atoms with Crippen molar-refractivity contribution >= 4 is 5.69 Å². The molecule has 2 aromatic carbocycles. The van der Waals surface area contributed by atoms with Crippen molar-refractivity contribution in [3.8, 4) is 11.5 Å². The van der Waals surface area contributed by atoms with Gasteiger partial charge in [-0.25, -0.2) is 8.78 Å². The van der Waals surface area contributed by atoms with Gasteiger partial charge < -0.3 is 14.8 Å². The number of anilines is 1. The summed E-state index contributed by atoms with van der Waals surface area (Å²) in [6, 6.07) is 9.14. The molecule has 104 valence electrons. The second kappa shape index (κ2) is 5.36. The van der Waals surface area contributed by atoms with E-state index in [0.717, 1.165) is 5.69 Å². The highest BCUT2D eigenvalue weighted by Gasteiger charge is 2.12. The maximum absolute atomic E-state index is 13.5. The molecule has 2 aromatic rings. The number of fused-ring (bicyclic) bond motifs is 1. The van der Waals surface area contributed by atoms with Gasteiger partial charge in [0.15, 0.2) is 11.5 Å². The summed E-state index contributed by atoms with van der Waals surface area (Å²) in [5.74, 6) is 0.194. The fraction of sp³-hybridized carbons (Fsp3) is 0.200. The maximum Gasteiger partial charge on any atom is 0.163 e. The third-order valence-electron chi connectivity index (χ3n) is 3.07. The minimum absolute atomic E-state index is 0.0161. The Morgan fingerprint density at radius 1 is 0.950 bits per heavy atom. The van der Waals surface area contributed by atoms with Gasteiger partial charge in [0.25, 0.3) is 0 Å². The standard InChI is InChI=1S/C15H13F2NO2/c16-12-2-1-3-13(17)11(12)9-18-10-4-5-14-15(8-10)20-7-6-19-14/h1-5,8,18H,6-7,9H2. The second-order valence-electron chi connectivity index (χ2n) is 4.41. The van der Waals surface area contributed by atoms with Gasteiger partial charge in [0.05, 0.1) is 0 Å². The van der Waals surface area contributed by atoms with Crippen molar-refractivity contribution in [2.24, 2.45) is 0 Å². The van der Waals surface area contributed by atoms with Crippen molar-refractivity contribution in [3.05, 3.63) is 53.6 Å². The molecule has 0 unspecified atom stereocenters. The van der Waals surface area contributed by atoms with Crippen LogP contribution in [-0.4, -0.2) is 13.2 Å². The van der Waals surface area contributed by atoms with Crippen LogP contribution in [0.3, 0.4) is 0 Å². The largest absolute Gasteiger partial charge is 0.486 e. The van der Waals surface area contributed by atoms with E-state index in [4.69, 9.17) is 9.47 Å². The lowest BCUT2D eigenvalue weighted by Gasteiger charge is -2.19. The average molecular weight is 277 g/mol. The van der Waals surface area contributed by atoms with Crippen molar-refractivity contribution in [2.75, 3.05) is 18.5 Å². The molecule has 20 heavy (non-hydrogen) atoms. The minimum atomic E-state index is -0.560. The first kappa shape index (κ1) is 12.7. The van der Waals surface area contributed by atoms with E-state index in [2.05, 4.69) is 5.32 Å². The lowest BCUT2D eigenvalue weighted by atomic mass is 10.2. The summed E-state index contributed by atoms with van der Waals surface area (Å²) < 4.78 is 37.9. The number of halogens is 2. The van der Waals surface area contributed by atoms with Crippen molar-refractivity contribution < 1.29 is 18.3 Å². The van der Waals surface area contributed by atoms with E-state index in [1.807, 2.05) is 0 Å². The molecule has 0 radical (unpaired) electrons. The third kappa shape index (κ3) is 2.52. The molecule has 0 aliphatic carbocycles. The van der Waals surface area contributed by atoms with Gasteiger partial charge >= 0.3 is 0 Å². The SMILES string of the molecule is Fc1cccc(F)c1CNc1ccc2c(c1)OCCO2. The predicted octanol–water partition coefficient (Wildman–Crippen LogP) is 3.35. The molecule has 1 aliphatic rings. The fourth-order valence-corrected chi connectivity index (χ4v) is 2.04. The zero-order chi connectivity index (χ0) is 13.9.